The minimum atomic E-state index is -2.73. The van der Waals surface area contributed by atoms with E-state index in [-0.39, 0.29) is 6.54 Å². The molecule has 0 atom stereocenters. The highest BCUT2D eigenvalue weighted by Crippen LogP contribution is 2.19. The first-order valence-electron chi connectivity index (χ1n) is 10.5. The van der Waals surface area contributed by atoms with Gasteiger partial charge in [-0.2, -0.15) is 0 Å². The van der Waals surface area contributed by atoms with Crippen LogP contribution in [0.5, 0.6) is 0 Å². The summed E-state index contributed by atoms with van der Waals surface area (Å²) in [5.41, 5.74) is 5.03. The molecule has 1 N–H and O–H groups in total. The Labute approximate surface area is 188 Å². The maximum Gasteiger partial charge on any atom is 0.257 e. The number of hydrogen-bond donors (Lipinski definition) is 1. The first-order valence-corrected chi connectivity index (χ1v) is 10.5. The van der Waals surface area contributed by atoms with Crippen molar-refractivity contribution >= 4 is 5.65 Å². The Morgan fingerprint density at radius 1 is 1.06 bits per heavy atom. The smallest absolute Gasteiger partial charge is 0.257 e. The SMILES string of the molecule is CC(F)(F)CNCc1ccc2nc(Cn3cc(-c4cncc(-n5cccc5)c4)nn3)cn2c1. The number of aromatic nitrogens is 7. The Kier molecular flexibility index (Phi) is 5.43. The molecule has 10 heteroatoms. The van der Waals surface area contributed by atoms with Gasteiger partial charge < -0.3 is 14.3 Å². The molecule has 0 bridgehead atoms. The van der Waals surface area contributed by atoms with Crippen molar-refractivity contribution in [2.75, 3.05) is 6.54 Å². The first kappa shape index (κ1) is 21.0. The van der Waals surface area contributed by atoms with Gasteiger partial charge in [0, 0.05) is 50.0 Å². The molecule has 0 unspecified atom stereocenters. The van der Waals surface area contributed by atoms with Crippen molar-refractivity contribution in [3.8, 4) is 16.9 Å². The van der Waals surface area contributed by atoms with E-state index in [0.29, 0.717) is 13.1 Å². The lowest BCUT2D eigenvalue weighted by atomic mass is 10.2. The summed E-state index contributed by atoms with van der Waals surface area (Å²) < 4.78 is 31.6. The average molecular weight is 448 g/mol. The summed E-state index contributed by atoms with van der Waals surface area (Å²) in [6.07, 6.45) is 13.1. The van der Waals surface area contributed by atoms with Gasteiger partial charge in [-0.1, -0.05) is 11.3 Å². The van der Waals surface area contributed by atoms with E-state index in [9.17, 15) is 8.78 Å². The van der Waals surface area contributed by atoms with E-state index in [1.807, 2.05) is 70.3 Å². The van der Waals surface area contributed by atoms with E-state index in [4.69, 9.17) is 0 Å². The Morgan fingerprint density at radius 3 is 2.73 bits per heavy atom. The van der Waals surface area contributed by atoms with Gasteiger partial charge in [-0.15, -0.1) is 5.10 Å². The number of halogens is 2. The lowest BCUT2D eigenvalue weighted by Gasteiger charge is -2.11. The molecular weight excluding hydrogens is 426 g/mol. The van der Waals surface area contributed by atoms with Gasteiger partial charge in [-0.3, -0.25) is 4.98 Å². The minimum Gasteiger partial charge on any atom is -0.322 e. The van der Waals surface area contributed by atoms with Crippen molar-refractivity contribution in [2.45, 2.75) is 25.9 Å². The third-order valence-corrected chi connectivity index (χ3v) is 5.11. The number of nitrogens with zero attached hydrogens (tertiary/aromatic N) is 7. The molecule has 0 spiro atoms. The molecule has 0 saturated heterocycles. The van der Waals surface area contributed by atoms with Crippen LogP contribution in [0.15, 0.2) is 73.7 Å². The van der Waals surface area contributed by atoms with Crippen LogP contribution in [0.4, 0.5) is 8.78 Å². The van der Waals surface area contributed by atoms with Crippen LogP contribution in [0.25, 0.3) is 22.6 Å². The van der Waals surface area contributed by atoms with Crippen molar-refractivity contribution in [3.63, 3.8) is 0 Å². The van der Waals surface area contributed by atoms with Crippen molar-refractivity contribution in [1.29, 1.82) is 0 Å². The third kappa shape index (κ3) is 4.96. The van der Waals surface area contributed by atoms with Crippen molar-refractivity contribution in [1.82, 2.24) is 39.2 Å². The first-order chi connectivity index (χ1) is 15.9. The minimum absolute atomic E-state index is 0.357. The zero-order chi connectivity index (χ0) is 22.8. The van der Waals surface area contributed by atoms with E-state index in [1.54, 1.807) is 17.1 Å². The summed E-state index contributed by atoms with van der Waals surface area (Å²) in [6, 6.07) is 9.68. The topological polar surface area (TPSA) is 77.9 Å². The molecule has 0 amide bonds. The number of rotatable bonds is 8. The molecule has 5 heterocycles. The fourth-order valence-corrected chi connectivity index (χ4v) is 3.59. The Bertz CT molecular complexity index is 1360. The summed E-state index contributed by atoms with van der Waals surface area (Å²) in [7, 11) is 0. The number of alkyl halides is 2. The number of fused-ring (bicyclic) bond motifs is 1. The molecule has 0 aliphatic carbocycles. The molecule has 0 aliphatic rings. The quantitative estimate of drug-likeness (QED) is 0.393. The lowest BCUT2D eigenvalue weighted by Crippen LogP contribution is -2.29. The van der Waals surface area contributed by atoms with Crippen molar-refractivity contribution < 1.29 is 8.78 Å². The van der Waals surface area contributed by atoms with Gasteiger partial charge in [0.25, 0.3) is 5.92 Å². The second-order valence-corrected chi connectivity index (χ2v) is 8.03. The molecule has 0 saturated carbocycles. The zero-order valence-corrected chi connectivity index (χ0v) is 17.9. The highest BCUT2D eigenvalue weighted by molar-refractivity contribution is 5.59. The predicted molar refractivity (Wildman–Crippen MR) is 119 cm³/mol. The molecule has 5 aromatic rings. The molecule has 0 fully saturated rings. The van der Waals surface area contributed by atoms with Crippen LogP contribution >= 0.6 is 0 Å². The molecule has 0 aliphatic heterocycles. The third-order valence-electron chi connectivity index (χ3n) is 5.11. The van der Waals surface area contributed by atoms with E-state index in [0.717, 1.165) is 40.8 Å². The van der Waals surface area contributed by atoms with Gasteiger partial charge in [0.2, 0.25) is 0 Å². The van der Waals surface area contributed by atoms with Crippen LogP contribution in [0.2, 0.25) is 0 Å². The van der Waals surface area contributed by atoms with Gasteiger partial charge >= 0.3 is 0 Å². The van der Waals surface area contributed by atoms with E-state index in [1.165, 1.54) is 0 Å². The van der Waals surface area contributed by atoms with Gasteiger partial charge in [0.1, 0.15) is 11.3 Å². The normalized spacial score (nSPS) is 12.0. The standard InChI is InChI=1S/C23H22F2N8/c1-23(24,25)16-27-9-17-4-5-22-28-19(13-32(22)12-17)14-33-15-21(29-30-33)18-8-20(11-26-10-18)31-6-2-3-7-31/h2-8,10-13,15,27H,9,14,16H2,1H3. The van der Waals surface area contributed by atoms with Crippen LogP contribution in [-0.2, 0) is 13.1 Å². The Hall–Kier alpha value is -3.92. The highest BCUT2D eigenvalue weighted by atomic mass is 19.3. The van der Waals surface area contributed by atoms with Gasteiger partial charge in [0.05, 0.1) is 36.9 Å². The zero-order valence-electron chi connectivity index (χ0n) is 17.9. The molecular formula is C23H22F2N8. The van der Waals surface area contributed by atoms with Gasteiger partial charge in [-0.25, -0.2) is 18.4 Å². The highest BCUT2D eigenvalue weighted by Gasteiger charge is 2.19. The van der Waals surface area contributed by atoms with Crippen LogP contribution in [0.3, 0.4) is 0 Å². The largest absolute Gasteiger partial charge is 0.322 e. The number of hydrogen-bond acceptors (Lipinski definition) is 5. The van der Waals surface area contributed by atoms with Crippen LogP contribution in [-0.4, -0.2) is 46.4 Å². The summed E-state index contributed by atoms with van der Waals surface area (Å²) in [5, 5.41) is 11.3. The van der Waals surface area contributed by atoms with Crippen LogP contribution in [0.1, 0.15) is 18.2 Å². The molecule has 0 radical (unpaired) electrons. The monoisotopic (exact) mass is 448 g/mol. The number of imidazole rings is 1. The summed E-state index contributed by atoms with van der Waals surface area (Å²) >= 11 is 0. The molecule has 5 aromatic heterocycles. The number of pyridine rings is 2. The van der Waals surface area contributed by atoms with E-state index >= 15 is 0 Å². The fraction of sp³-hybridized carbons (Fsp3) is 0.217. The van der Waals surface area contributed by atoms with Gasteiger partial charge in [0.15, 0.2) is 0 Å². The van der Waals surface area contributed by atoms with Crippen molar-refractivity contribution in [2.24, 2.45) is 0 Å². The summed E-state index contributed by atoms with van der Waals surface area (Å²) in [5.74, 6) is -2.73. The lowest BCUT2D eigenvalue weighted by molar-refractivity contribution is 0.0224. The second kappa shape index (κ2) is 8.55. The summed E-state index contributed by atoms with van der Waals surface area (Å²) in [6.45, 7) is 1.35. The maximum absolute atomic E-state index is 13.0. The van der Waals surface area contributed by atoms with Crippen LogP contribution in [0, 0.1) is 0 Å². The molecule has 33 heavy (non-hydrogen) atoms. The molecule has 168 valence electrons. The van der Waals surface area contributed by atoms with Gasteiger partial charge in [-0.05, 0) is 29.8 Å². The average Bonchev–Trinajstić information content (AvgIpc) is 3.54. The maximum atomic E-state index is 13.0. The predicted octanol–water partition coefficient (Wildman–Crippen LogP) is 3.57. The Balaban J connectivity index is 1.29. The molecule has 5 rings (SSSR count). The molecule has 0 aromatic carbocycles. The van der Waals surface area contributed by atoms with E-state index < -0.39 is 5.92 Å². The van der Waals surface area contributed by atoms with E-state index in [2.05, 4.69) is 25.6 Å². The van der Waals surface area contributed by atoms with Crippen molar-refractivity contribution in [3.05, 3.63) is 85.0 Å². The second-order valence-electron chi connectivity index (χ2n) is 8.03. The number of nitrogens with one attached hydrogen (secondary N) is 1. The Morgan fingerprint density at radius 2 is 1.91 bits per heavy atom. The van der Waals surface area contributed by atoms with Crippen LogP contribution < -0.4 is 5.32 Å². The fourth-order valence-electron chi connectivity index (χ4n) is 3.59. The summed E-state index contributed by atoms with van der Waals surface area (Å²) in [4.78, 5) is 8.94. The molecule has 8 nitrogen and oxygen atoms in total.